The molecule has 2 rings (SSSR count). The number of amides is 1. The molecule has 0 spiro atoms. The molecular weight excluding hydrogens is 348 g/mol. The number of carbonyl (C=O) groups is 2. The number of aromatic nitrogens is 1. The van der Waals surface area contributed by atoms with Gasteiger partial charge in [0, 0.05) is 11.9 Å². The van der Waals surface area contributed by atoms with Crippen LogP contribution >= 0.6 is 11.8 Å². The number of nitrogens with one attached hydrogen (secondary N) is 1. The van der Waals surface area contributed by atoms with Gasteiger partial charge in [-0.25, -0.2) is 4.79 Å². The lowest BCUT2D eigenvalue weighted by atomic mass is 9.94. The molecular formula is C20H24N2O3S. The topological polar surface area (TPSA) is 68.3 Å². The molecule has 1 atom stereocenters. The number of benzene rings is 1. The Balaban J connectivity index is 2.06. The van der Waals surface area contributed by atoms with Gasteiger partial charge < -0.3 is 10.1 Å². The van der Waals surface area contributed by atoms with Gasteiger partial charge >= 0.3 is 5.97 Å². The minimum Gasteiger partial charge on any atom is -0.467 e. The van der Waals surface area contributed by atoms with Gasteiger partial charge in [0.2, 0.25) is 5.91 Å². The summed E-state index contributed by atoms with van der Waals surface area (Å²) >= 11 is 1.46. The fourth-order valence-corrected chi connectivity index (χ4v) is 3.70. The second-order valence-electron chi connectivity index (χ2n) is 6.15. The largest absolute Gasteiger partial charge is 0.467 e. The lowest BCUT2D eigenvalue weighted by Gasteiger charge is -2.21. The van der Waals surface area contributed by atoms with E-state index in [4.69, 9.17) is 4.74 Å². The molecule has 0 saturated carbocycles. The standard InChI is InChI=1S/C20H24N2O3S/c1-13-9-14(2)18(15(3)10-13)19(20(24)25-4)22-17(23)12-26-11-16-7-5-6-8-21-16/h5-10,19H,11-12H2,1-4H3,(H,22,23)/t19-/m0/s1. The number of thioether (sulfide) groups is 1. The van der Waals surface area contributed by atoms with Crippen molar-refractivity contribution in [1.82, 2.24) is 10.3 Å². The zero-order valence-electron chi connectivity index (χ0n) is 15.5. The van der Waals surface area contributed by atoms with E-state index < -0.39 is 12.0 Å². The molecule has 26 heavy (non-hydrogen) atoms. The van der Waals surface area contributed by atoms with Crippen LogP contribution in [0, 0.1) is 20.8 Å². The summed E-state index contributed by atoms with van der Waals surface area (Å²) in [6.07, 6.45) is 1.73. The van der Waals surface area contributed by atoms with E-state index >= 15 is 0 Å². The number of nitrogens with zero attached hydrogens (tertiary/aromatic N) is 1. The van der Waals surface area contributed by atoms with Crippen LogP contribution in [-0.4, -0.2) is 29.7 Å². The molecule has 0 bridgehead atoms. The highest BCUT2D eigenvalue weighted by Crippen LogP contribution is 2.25. The summed E-state index contributed by atoms with van der Waals surface area (Å²) in [4.78, 5) is 28.9. The zero-order chi connectivity index (χ0) is 19.1. The van der Waals surface area contributed by atoms with Crippen molar-refractivity contribution in [2.24, 2.45) is 0 Å². The van der Waals surface area contributed by atoms with Gasteiger partial charge in [-0.05, 0) is 49.6 Å². The second-order valence-corrected chi connectivity index (χ2v) is 7.14. The van der Waals surface area contributed by atoms with Gasteiger partial charge in [0.1, 0.15) is 0 Å². The molecule has 0 saturated heterocycles. The molecule has 0 radical (unpaired) electrons. The van der Waals surface area contributed by atoms with Crippen molar-refractivity contribution in [1.29, 1.82) is 0 Å². The number of hydrogen-bond acceptors (Lipinski definition) is 5. The molecule has 2 aromatic rings. The Labute approximate surface area is 158 Å². The summed E-state index contributed by atoms with van der Waals surface area (Å²) in [6.45, 7) is 5.88. The highest BCUT2D eigenvalue weighted by Gasteiger charge is 2.26. The molecule has 1 aromatic carbocycles. The van der Waals surface area contributed by atoms with Crippen molar-refractivity contribution in [2.45, 2.75) is 32.6 Å². The number of pyridine rings is 1. The maximum Gasteiger partial charge on any atom is 0.333 e. The molecule has 1 amide bonds. The molecule has 138 valence electrons. The molecule has 0 aliphatic carbocycles. The Hall–Kier alpha value is -2.34. The summed E-state index contributed by atoms with van der Waals surface area (Å²) in [6, 6.07) is 8.89. The first-order chi connectivity index (χ1) is 12.4. The summed E-state index contributed by atoms with van der Waals surface area (Å²) < 4.78 is 4.91. The first kappa shape index (κ1) is 20.0. The Morgan fingerprint density at radius 1 is 1.19 bits per heavy atom. The van der Waals surface area contributed by atoms with Gasteiger partial charge in [-0.2, -0.15) is 0 Å². The fourth-order valence-electron chi connectivity index (χ4n) is 2.95. The SMILES string of the molecule is COC(=O)[C@@H](NC(=O)CSCc1ccccn1)c1c(C)cc(C)cc1C. The van der Waals surface area contributed by atoms with E-state index in [-0.39, 0.29) is 11.7 Å². The third kappa shape index (κ3) is 5.33. The van der Waals surface area contributed by atoms with Crippen LogP contribution in [0.1, 0.15) is 34.0 Å². The van der Waals surface area contributed by atoms with E-state index in [9.17, 15) is 9.59 Å². The number of esters is 1. The summed E-state index contributed by atoms with van der Waals surface area (Å²) in [5.74, 6) is 0.206. The number of hydrogen-bond donors (Lipinski definition) is 1. The molecule has 0 fully saturated rings. The first-order valence-electron chi connectivity index (χ1n) is 8.35. The number of rotatable bonds is 7. The van der Waals surface area contributed by atoms with Gasteiger partial charge in [0.05, 0.1) is 18.6 Å². The average Bonchev–Trinajstić information content (AvgIpc) is 2.60. The third-order valence-electron chi connectivity index (χ3n) is 3.98. The quantitative estimate of drug-likeness (QED) is 0.756. The molecule has 0 unspecified atom stereocenters. The van der Waals surface area contributed by atoms with Crippen molar-refractivity contribution < 1.29 is 14.3 Å². The van der Waals surface area contributed by atoms with Gasteiger partial charge in [0.25, 0.3) is 0 Å². The van der Waals surface area contributed by atoms with Crippen LogP contribution in [0.3, 0.4) is 0 Å². The Bertz CT molecular complexity index is 755. The van der Waals surface area contributed by atoms with Crippen molar-refractivity contribution in [3.8, 4) is 0 Å². The maximum absolute atomic E-state index is 12.4. The Morgan fingerprint density at radius 3 is 2.46 bits per heavy atom. The fraction of sp³-hybridized carbons (Fsp3) is 0.350. The van der Waals surface area contributed by atoms with E-state index in [1.54, 1.807) is 6.20 Å². The van der Waals surface area contributed by atoms with Crippen LogP contribution in [0.5, 0.6) is 0 Å². The van der Waals surface area contributed by atoms with Gasteiger partial charge in [-0.3, -0.25) is 9.78 Å². The first-order valence-corrected chi connectivity index (χ1v) is 9.50. The molecule has 5 nitrogen and oxygen atoms in total. The van der Waals surface area contributed by atoms with Crippen molar-refractivity contribution in [3.05, 3.63) is 64.5 Å². The van der Waals surface area contributed by atoms with Crippen molar-refractivity contribution >= 4 is 23.6 Å². The highest BCUT2D eigenvalue weighted by molar-refractivity contribution is 7.99. The minimum atomic E-state index is -0.802. The number of methoxy groups -OCH3 is 1. The molecule has 0 aliphatic heterocycles. The van der Waals surface area contributed by atoms with Crippen molar-refractivity contribution in [2.75, 3.05) is 12.9 Å². The van der Waals surface area contributed by atoms with E-state index in [1.807, 2.05) is 51.1 Å². The maximum atomic E-state index is 12.4. The Kier molecular flexibility index (Phi) is 7.21. The second kappa shape index (κ2) is 9.38. The van der Waals surface area contributed by atoms with Crippen LogP contribution < -0.4 is 5.32 Å². The zero-order valence-corrected chi connectivity index (χ0v) is 16.4. The van der Waals surface area contributed by atoms with E-state index in [0.717, 1.165) is 27.9 Å². The lowest BCUT2D eigenvalue weighted by Crippen LogP contribution is -2.36. The van der Waals surface area contributed by atoms with Gasteiger partial charge in [-0.1, -0.05) is 23.8 Å². The summed E-state index contributed by atoms with van der Waals surface area (Å²) in [5.41, 5.74) is 4.74. The lowest BCUT2D eigenvalue weighted by molar-refractivity contribution is -0.145. The van der Waals surface area contributed by atoms with Crippen LogP contribution in [0.25, 0.3) is 0 Å². The number of carbonyl (C=O) groups excluding carboxylic acids is 2. The van der Waals surface area contributed by atoms with Crippen LogP contribution in [-0.2, 0) is 20.1 Å². The average molecular weight is 372 g/mol. The minimum absolute atomic E-state index is 0.208. The van der Waals surface area contributed by atoms with Crippen LogP contribution in [0.15, 0.2) is 36.5 Å². The van der Waals surface area contributed by atoms with Gasteiger partial charge in [0.15, 0.2) is 6.04 Å². The smallest absolute Gasteiger partial charge is 0.333 e. The summed E-state index contributed by atoms with van der Waals surface area (Å²) in [7, 11) is 1.33. The monoisotopic (exact) mass is 372 g/mol. The predicted octanol–water partition coefficient (Wildman–Crippen LogP) is 3.27. The molecule has 1 heterocycles. The molecule has 6 heteroatoms. The normalized spacial score (nSPS) is 11.7. The predicted molar refractivity (Wildman–Crippen MR) is 104 cm³/mol. The van der Waals surface area contributed by atoms with E-state index in [0.29, 0.717) is 5.75 Å². The van der Waals surface area contributed by atoms with E-state index in [2.05, 4.69) is 10.3 Å². The molecule has 1 aromatic heterocycles. The van der Waals surface area contributed by atoms with Crippen LogP contribution in [0.4, 0.5) is 0 Å². The number of aryl methyl sites for hydroxylation is 3. The van der Waals surface area contributed by atoms with Crippen molar-refractivity contribution in [3.63, 3.8) is 0 Å². The number of ether oxygens (including phenoxy) is 1. The third-order valence-corrected chi connectivity index (χ3v) is 4.94. The highest BCUT2D eigenvalue weighted by atomic mass is 32.2. The molecule has 0 aliphatic rings. The van der Waals surface area contributed by atoms with Gasteiger partial charge in [-0.15, -0.1) is 11.8 Å². The van der Waals surface area contributed by atoms with E-state index in [1.165, 1.54) is 18.9 Å². The summed E-state index contributed by atoms with van der Waals surface area (Å²) in [5, 5.41) is 2.82. The molecule has 1 N–H and O–H groups in total. The Morgan fingerprint density at radius 2 is 1.88 bits per heavy atom. The van der Waals surface area contributed by atoms with Crippen LogP contribution in [0.2, 0.25) is 0 Å².